The molecular formula is C17H19NO. The molecule has 0 aliphatic carbocycles. The predicted molar refractivity (Wildman–Crippen MR) is 77.4 cm³/mol. The van der Waals surface area contributed by atoms with Crippen molar-refractivity contribution in [3.05, 3.63) is 64.7 Å². The Morgan fingerprint density at radius 2 is 1.79 bits per heavy atom. The van der Waals surface area contributed by atoms with Crippen LogP contribution in [0.2, 0.25) is 0 Å². The molecule has 0 bridgehead atoms. The van der Waals surface area contributed by atoms with E-state index in [-0.39, 0.29) is 0 Å². The summed E-state index contributed by atoms with van der Waals surface area (Å²) in [5, 5.41) is 3.61. The lowest BCUT2D eigenvalue weighted by Crippen LogP contribution is -2.22. The first-order valence-electron chi connectivity index (χ1n) is 6.76. The topological polar surface area (TPSA) is 21.3 Å². The summed E-state index contributed by atoms with van der Waals surface area (Å²) in [6.07, 6.45) is 0. The van der Waals surface area contributed by atoms with Crippen molar-refractivity contribution in [3.8, 4) is 5.75 Å². The summed E-state index contributed by atoms with van der Waals surface area (Å²) in [5.41, 5.74) is 5.36. The fourth-order valence-corrected chi connectivity index (χ4v) is 2.68. The van der Waals surface area contributed by atoms with Gasteiger partial charge in [-0.3, -0.25) is 0 Å². The molecule has 1 unspecified atom stereocenters. The van der Waals surface area contributed by atoms with Gasteiger partial charge in [-0.25, -0.2) is 0 Å². The first-order chi connectivity index (χ1) is 9.25. The second-order valence-electron chi connectivity index (χ2n) is 5.15. The molecule has 0 aromatic heterocycles. The number of para-hydroxylation sites is 1. The zero-order chi connectivity index (χ0) is 13.2. The van der Waals surface area contributed by atoms with Gasteiger partial charge in [0.25, 0.3) is 0 Å². The lowest BCUT2D eigenvalue weighted by Gasteiger charge is -2.15. The first kappa shape index (κ1) is 12.2. The number of fused-ring (bicyclic) bond motifs is 1. The molecule has 2 aromatic carbocycles. The van der Waals surface area contributed by atoms with Gasteiger partial charge in [0.2, 0.25) is 0 Å². The van der Waals surface area contributed by atoms with Gasteiger partial charge < -0.3 is 10.1 Å². The van der Waals surface area contributed by atoms with Gasteiger partial charge in [-0.15, -0.1) is 0 Å². The molecule has 1 aliphatic heterocycles. The van der Waals surface area contributed by atoms with Crippen LogP contribution in [0.1, 0.15) is 28.3 Å². The summed E-state index contributed by atoms with van der Waals surface area (Å²) in [7, 11) is 0. The van der Waals surface area contributed by atoms with Crippen molar-refractivity contribution in [2.45, 2.75) is 26.4 Å². The number of aryl methyl sites for hydroxylation is 2. The maximum absolute atomic E-state index is 5.70. The zero-order valence-electron chi connectivity index (χ0n) is 11.4. The molecule has 2 heteroatoms. The Morgan fingerprint density at radius 3 is 2.58 bits per heavy atom. The smallest absolute Gasteiger partial charge is 0.124 e. The highest BCUT2D eigenvalue weighted by Gasteiger charge is 2.23. The minimum atomic E-state index is 0.301. The van der Waals surface area contributed by atoms with Crippen molar-refractivity contribution in [2.24, 2.45) is 0 Å². The van der Waals surface area contributed by atoms with Crippen molar-refractivity contribution < 1.29 is 4.74 Å². The second-order valence-corrected chi connectivity index (χ2v) is 5.15. The molecule has 0 radical (unpaired) electrons. The summed E-state index contributed by atoms with van der Waals surface area (Å²) >= 11 is 0. The van der Waals surface area contributed by atoms with E-state index < -0.39 is 0 Å². The molecule has 0 saturated heterocycles. The predicted octanol–water partition coefficient (Wildman–Crippen LogP) is 3.53. The first-order valence-corrected chi connectivity index (χ1v) is 6.76. The molecule has 0 amide bonds. The van der Waals surface area contributed by atoms with Gasteiger partial charge in [0, 0.05) is 12.1 Å². The second kappa shape index (κ2) is 5.06. The van der Waals surface area contributed by atoms with E-state index in [0.29, 0.717) is 6.04 Å². The van der Waals surface area contributed by atoms with Crippen molar-refractivity contribution in [3.63, 3.8) is 0 Å². The van der Waals surface area contributed by atoms with Crippen LogP contribution in [0.25, 0.3) is 0 Å². The number of hydrogen-bond acceptors (Lipinski definition) is 2. The Bertz CT molecular complexity index is 571. The van der Waals surface area contributed by atoms with Crippen LogP contribution in [-0.4, -0.2) is 6.61 Å². The molecule has 0 saturated carbocycles. The van der Waals surface area contributed by atoms with Crippen molar-refractivity contribution in [1.82, 2.24) is 5.32 Å². The maximum atomic E-state index is 5.70. The van der Waals surface area contributed by atoms with E-state index in [2.05, 4.69) is 49.5 Å². The van der Waals surface area contributed by atoms with Gasteiger partial charge in [0.1, 0.15) is 12.4 Å². The van der Waals surface area contributed by atoms with Gasteiger partial charge in [0.05, 0.1) is 6.04 Å². The van der Waals surface area contributed by atoms with Gasteiger partial charge in [-0.05, 0) is 36.6 Å². The highest BCUT2D eigenvalue weighted by Crippen LogP contribution is 2.32. The van der Waals surface area contributed by atoms with E-state index in [4.69, 9.17) is 4.74 Å². The Labute approximate surface area is 114 Å². The molecular weight excluding hydrogens is 234 g/mol. The molecule has 1 atom stereocenters. The number of nitrogens with one attached hydrogen (secondary N) is 1. The van der Waals surface area contributed by atoms with Gasteiger partial charge in [0.15, 0.2) is 0 Å². The Balaban J connectivity index is 1.75. The third-order valence-electron chi connectivity index (χ3n) is 3.87. The zero-order valence-corrected chi connectivity index (χ0v) is 11.4. The van der Waals surface area contributed by atoms with Crippen LogP contribution >= 0.6 is 0 Å². The number of ether oxygens (including phenoxy) is 1. The average Bonchev–Trinajstić information content (AvgIpc) is 2.82. The molecule has 0 spiro atoms. The number of benzene rings is 2. The Hall–Kier alpha value is -1.80. The quantitative estimate of drug-likeness (QED) is 0.903. The maximum Gasteiger partial charge on any atom is 0.124 e. The van der Waals surface area contributed by atoms with E-state index in [1.165, 1.54) is 22.3 Å². The van der Waals surface area contributed by atoms with Crippen LogP contribution in [-0.2, 0) is 6.54 Å². The third-order valence-corrected chi connectivity index (χ3v) is 3.87. The minimum absolute atomic E-state index is 0.301. The van der Waals surface area contributed by atoms with Crippen LogP contribution in [0.4, 0.5) is 0 Å². The Kier molecular flexibility index (Phi) is 3.26. The SMILES string of the molecule is Cc1cccc(C)c1CNC1COc2ccccc21. The summed E-state index contributed by atoms with van der Waals surface area (Å²) in [6.45, 7) is 5.96. The number of hydrogen-bond donors (Lipinski definition) is 1. The lowest BCUT2D eigenvalue weighted by atomic mass is 10.0. The van der Waals surface area contributed by atoms with Gasteiger partial charge in [-0.1, -0.05) is 36.4 Å². The van der Waals surface area contributed by atoms with Crippen LogP contribution in [0.5, 0.6) is 5.75 Å². The van der Waals surface area contributed by atoms with E-state index >= 15 is 0 Å². The summed E-state index contributed by atoms with van der Waals surface area (Å²) in [4.78, 5) is 0. The van der Waals surface area contributed by atoms with E-state index in [1.807, 2.05) is 12.1 Å². The number of rotatable bonds is 3. The third kappa shape index (κ3) is 2.36. The summed E-state index contributed by atoms with van der Waals surface area (Å²) in [6, 6.07) is 15.0. The summed E-state index contributed by atoms with van der Waals surface area (Å²) < 4.78 is 5.70. The highest BCUT2D eigenvalue weighted by molar-refractivity contribution is 5.39. The van der Waals surface area contributed by atoms with Crippen LogP contribution < -0.4 is 10.1 Å². The molecule has 1 aliphatic rings. The van der Waals surface area contributed by atoms with Gasteiger partial charge in [-0.2, -0.15) is 0 Å². The highest BCUT2D eigenvalue weighted by atomic mass is 16.5. The average molecular weight is 253 g/mol. The standard InChI is InChI=1S/C17H19NO/c1-12-6-5-7-13(2)15(12)10-18-16-11-19-17-9-4-3-8-14(16)17/h3-9,16,18H,10-11H2,1-2H3. The van der Waals surface area contributed by atoms with Gasteiger partial charge >= 0.3 is 0 Å². The van der Waals surface area contributed by atoms with E-state index in [1.54, 1.807) is 0 Å². The van der Waals surface area contributed by atoms with Crippen LogP contribution in [0.15, 0.2) is 42.5 Å². The van der Waals surface area contributed by atoms with E-state index in [9.17, 15) is 0 Å². The molecule has 1 heterocycles. The minimum Gasteiger partial charge on any atom is -0.491 e. The van der Waals surface area contributed by atoms with Crippen LogP contribution in [0, 0.1) is 13.8 Å². The van der Waals surface area contributed by atoms with Crippen molar-refractivity contribution >= 4 is 0 Å². The molecule has 1 N–H and O–H groups in total. The van der Waals surface area contributed by atoms with E-state index in [0.717, 1.165) is 18.9 Å². The monoisotopic (exact) mass is 253 g/mol. The largest absolute Gasteiger partial charge is 0.491 e. The van der Waals surface area contributed by atoms with Crippen molar-refractivity contribution in [1.29, 1.82) is 0 Å². The Morgan fingerprint density at radius 1 is 1.05 bits per heavy atom. The van der Waals surface area contributed by atoms with Crippen LogP contribution in [0.3, 0.4) is 0 Å². The fraction of sp³-hybridized carbons (Fsp3) is 0.294. The molecule has 19 heavy (non-hydrogen) atoms. The molecule has 0 fully saturated rings. The molecule has 2 aromatic rings. The summed E-state index contributed by atoms with van der Waals surface area (Å²) in [5.74, 6) is 1.02. The fourth-order valence-electron chi connectivity index (χ4n) is 2.68. The van der Waals surface area contributed by atoms with Crippen molar-refractivity contribution in [2.75, 3.05) is 6.61 Å². The molecule has 3 rings (SSSR count). The molecule has 2 nitrogen and oxygen atoms in total. The molecule has 98 valence electrons. The lowest BCUT2D eigenvalue weighted by molar-refractivity contribution is 0.310. The normalized spacial score (nSPS) is 17.1.